The van der Waals surface area contributed by atoms with Gasteiger partial charge in [-0.05, 0) is 31.4 Å². The third-order valence-corrected chi connectivity index (χ3v) is 4.10. The van der Waals surface area contributed by atoms with Gasteiger partial charge in [0.2, 0.25) is 5.91 Å². The number of benzene rings is 1. The molecule has 0 saturated carbocycles. The van der Waals surface area contributed by atoms with Gasteiger partial charge in [-0.15, -0.1) is 0 Å². The van der Waals surface area contributed by atoms with Crippen LogP contribution in [0.5, 0.6) is 11.5 Å². The van der Waals surface area contributed by atoms with Gasteiger partial charge in [-0.2, -0.15) is 0 Å². The number of fused-ring (bicyclic) bond motifs is 2. The number of nitrogens with one attached hydrogen (secondary N) is 2. The Balaban J connectivity index is 1.72. The number of methoxy groups -OCH3 is 1. The van der Waals surface area contributed by atoms with Crippen LogP contribution in [0.4, 0.5) is 5.69 Å². The van der Waals surface area contributed by atoms with E-state index in [2.05, 4.69) is 10.6 Å². The third kappa shape index (κ3) is 2.26. The summed E-state index contributed by atoms with van der Waals surface area (Å²) in [5.41, 5.74) is 0.409. The standard InChI is InChI=1S/C14H18N2O3/c1-19-9-3-5-13(17)12(7-9)16-14(18)10-6-8-2-4-11(10)15-8/h3,5,7-8,10-11,15,17H,2,4,6H2,1H3,(H,16,18). The van der Waals surface area contributed by atoms with Gasteiger partial charge in [0.05, 0.1) is 18.7 Å². The molecule has 2 bridgehead atoms. The quantitative estimate of drug-likeness (QED) is 0.722. The molecule has 3 unspecified atom stereocenters. The van der Waals surface area contributed by atoms with Crippen LogP contribution in [0.1, 0.15) is 19.3 Å². The van der Waals surface area contributed by atoms with Crippen LogP contribution in [0.3, 0.4) is 0 Å². The summed E-state index contributed by atoms with van der Waals surface area (Å²) in [5.74, 6) is 0.650. The molecule has 2 aliphatic heterocycles. The molecule has 3 N–H and O–H groups in total. The topological polar surface area (TPSA) is 70.6 Å². The Morgan fingerprint density at radius 1 is 1.47 bits per heavy atom. The zero-order valence-corrected chi connectivity index (χ0v) is 10.8. The molecule has 5 heteroatoms. The summed E-state index contributed by atoms with van der Waals surface area (Å²) in [5, 5.41) is 16.0. The number of phenols is 1. The second-order valence-corrected chi connectivity index (χ2v) is 5.26. The van der Waals surface area contributed by atoms with E-state index < -0.39 is 0 Å². The van der Waals surface area contributed by atoms with E-state index in [9.17, 15) is 9.90 Å². The van der Waals surface area contributed by atoms with Crippen molar-refractivity contribution < 1.29 is 14.6 Å². The van der Waals surface area contributed by atoms with Gasteiger partial charge in [0, 0.05) is 18.2 Å². The summed E-state index contributed by atoms with van der Waals surface area (Å²) < 4.78 is 5.09. The average molecular weight is 262 g/mol. The van der Waals surface area contributed by atoms with Crippen LogP contribution >= 0.6 is 0 Å². The van der Waals surface area contributed by atoms with Crippen molar-refractivity contribution in [3.05, 3.63) is 18.2 Å². The van der Waals surface area contributed by atoms with Gasteiger partial charge in [-0.25, -0.2) is 0 Å². The first kappa shape index (κ1) is 12.3. The van der Waals surface area contributed by atoms with Gasteiger partial charge in [-0.3, -0.25) is 4.79 Å². The minimum absolute atomic E-state index is 0.00403. The highest BCUT2D eigenvalue weighted by molar-refractivity contribution is 5.95. The minimum atomic E-state index is -0.0248. The second-order valence-electron chi connectivity index (χ2n) is 5.26. The number of amides is 1. The lowest BCUT2D eigenvalue weighted by Crippen LogP contribution is -2.32. The van der Waals surface area contributed by atoms with Gasteiger partial charge in [0.1, 0.15) is 11.5 Å². The summed E-state index contributed by atoms with van der Waals surface area (Å²) in [6, 6.07) is 5.59. The molecular weight excluding hydrogens is 244 g/mol. The van der Waals surface area contributed by atoms with Crippen LogP contribution < -0.4 is 15.4 Å². The highest BCUT2D eigenvalue weighted by atomic mass is 16.5. The molecule has 0 aliphatic carbocycles. The molecule has 102 valence electrons. The number of anilines is 1. The highest BCUT2D eigenvalue weighted by Crippen LogP contribution is 2.35. The van der Waals surface area contributed by atoms with Gasteiger partial charge < -0.3 is 20.5 Å². The largest absolute Gasteiger partial charge is 0.506 e. The normalized spacial score (nSPS) is 28.4. The fraction of sp³-hybridized carbons (Fsp3) is 0.500. The highest BCUT2D eigenvalue weighted by Gasteiger charge is 2.42. The van der Waals surface area contributed by atoms with Crippen molar-refractivity contribution in [2.75, 3.05) is 12.4 Å². The predicted octanol–water partition coefficient (Wildman–Crippen LogP) is 1.48. The number of aromatic hydroxyl groups is 1. The fourth-order valence-electron chi connectivity index (χ4n) is 3.08. The van der Waals surface area contributed by atoms with Crippen molar-refractivity contribution in [1.29, 1.82) is 0 Å². The Morgan fingerprint density at radius 2 is 2.32 bits per heavy atom. The zero-order chi connectivity index (χ0) is 13.4. The van der Waals surface area contributed by atoms with Crippen LogP contribution in [0.2, 0.25) is 0 Å². The van der Waals surface area contributed by atoms with Crippen LogP contribution in [0.25, 0.3) is 0 Å². The first-order valence-electron chi connectivity index (χ1n) is 6.61. The Kier molecular flexibility index (Phi) is 3.06. The SMILES string of the molecule is COc1ccc(O)c(NC(=O)C2CC3CCC2N3)c1. The Hall–Kier alpha value is -1.75. The summed E-state index contributed by atoms with van der Waals surface area (Å²) >= 11 is 0. The third-order valence-electron chi connectivity index (χ3n) is 4.10. The minimum Gasteiger partial charge on any atom is -0.506 e. The number of ether oxygens (including phenoxy) is 1. The monoisotopic (exact) mass is 262 g/mol. The number of hydrogen-bond acceptors (Lipinski definition) is 4. The fourth-order valence-corrected chi connectivity index (χ4v) is 3.08. The first-order chi connectivity index (χ1) is 9.17. The van der Waals surface area contributed by atoms with E-state index in [1.165, 1.54) is 12.5 Å². The lowest BCUT2D eigenvalue weighted by atomic mass is 9.88. The van der Waals surface area contributed by atoms with Crippen LogP contribution in [0, 0.1) is 5.92 Å². The molecule has 2 heterocycles. The van der Waals surface area contributed by atoms with Crippen molar-refractivity contribution in [3.8, 4) is 11.5 Å². The molecule has 1 aromatic rings. The van der Waals surface area contributed by atoms with Crippen LogP contribution in [0.15, 0.2) is 18.2 Å². The Bertz CT molecular complexity index is 503. The zero-order valence-electron chi connectivity index (χ0n) is 10.8. The molecule has 5 nitrogen and oxygen atoms in total. The van der Waals surface area contributed by atoms with E-state index in [0.717, 1.165) is 12.8 Å². The van der Waals surface area contributed by atoms with Gasteiger partial charge in [0.25, 0.3) is 0 Å². The van der Waals surface area contributed by atoms with Gasteiger partial charge >= 0.3 is 0 Å². The van der Waals surface area contributed by atoms with Gasteiger partial charge in [0.15, 0.2) is 0 Å². The predicted molar refractivity (Wildman–Crippen MR) is 71.3 cm³/mol. The molecule has 19 heavy (non-hydrogen) atoms. The summed E-state index contributed by atoms with van der Waals surface area (Å²) in [4.78, 5) is 12.3. The van der Waals surface area contributed by atoms with Crippen molar-refractivity contribution >= 4 is 11.6 Å². The molecule has 0 aromatic heterocycles. The van der Waals surface area contributed by atoms with Crippen LogP contribution in [-0.4, -0.2) is 30.2 Å². The molecule has 3 atom stereocenters. The summed E-state index contributed by atoms with van der Waals surface area (Å²) in [6.07, 6.45) is 3.12. The van der Waals surface area contributed by atoms with Gasteiger partial charge in [-0.1, -0.05) is 0 Å². The first-order valence-corrected chi connectivity index (χ1v) is 6.61. The number of carbonyl (C=O) groups excluding carboxylic acids is 1. The van der Waals surface area contributed by atoms with Crippen molar-refractivity contribution in [1.82, 2.24) is 5.32 Å². The molecule has 0 spiro atoms. The Labute approximate surface area is 112 Å². The van der Waals surface area contributed by atoms with Crippen molar-refractivity contribution in [2.45, 2.75) is 31.3 Å². The molecule has 1 amide bonds. The molecular formula is C14H18N2O3. The number of hydrogen-bond donors (Lipinski definition) is 3. The van der Waals surface area contributed by atoms with Crippen molar-refractivity contribution in [3.63, 3.8) is 0 Å². The van der Waals surface area contributed by atoms with E-state index in [1.54, 1.807) is 19.2 Å². The second kappa shape index (κ2) is 4.74. The molecule has 2 fully saturated rings. The molecule has 2 aliphatic rings. The van der Waals surface area contributed by atoms with E-state index in [-0.39, 0.29) is 23.6 Å². The maximum absolute atomic E-state index is 12.3. The maximum atomic E-state index is 12.3. The summed E-state index contributed by atoms with van der Waals surface area (Å²) in [6.45, 7) is 0. The molecule has 0 radical (unpaired) electrons. The molecule has 2 saturated heterocycles. The lowest BCUT2D eigenvalue weighted by Gasteiger charge is -2.19. The summed E-state index contributed by atoms with van der Waals surface area (Å²) in [7, 11) is 1.55. The lowest BCUT2D eigenvalue weighted by molar-refractivity contribution is -0.120. The smallest absolute Gasteiger partial charge is 0.229 e. The number of phenolic OH excluding ortho intramolecular Hbond substituents is 1. The van der Waals surface area contributed by atoms with E-state index >= 15 is 0 Å². The number of carbonyl (C=O) groups is 1. The van der Waals surface area contributed by atoms with Crippen LogP contribution in [-0.2, 0) is 4.79 Å². The molecule has 1 aromatic carbocycles. The number of rotatable bonds is 3. The van der Waals surface area contributed by atoms with E-state index in [4.69, 9.17) is 4.74 Å². The molecule has 3 rings (SSSR count). The van der Waals surface area contributed by atoms with E-state index in [1.807, 2.05) is 0 Å². The van der Waals surface area contributed by atoms with Crippen molar-refractivity contribution in [2.24, 2.45) is 5.92 Å². The maximum Gasteiger partial charge on any atom is 0.229 e. The average Bonchev–Trinajstić information content (AvgIpc) is 3.03. The Morgan fingerprint density at radius 3 is 2.95 bits per heavy atom. The van der Waals surface area contributed by atoms with E-state index in [0.29, 0.717) is 17.5 Å².